The second-order valence-corrected chi connectivity index (χ2v) is 10.5. The topological polar surface area (TPSA) is 103 Å². The van der Waals surface area contributed by atoms with E-state index in [0.29, 0.717) is 53.2 Å². The molecule has 0 bridgehead atoms. The van der Waals surface area contributed by atoms with Crippen molar-refractivity contribution in [2.45, 2.75) is 37.0 Å². The number of halogens is 1. The highest BCUT2D eigenvalue weighted by Gasteiger charge is 2.40. The molecule has 4 rings (SSSR count). The number of fused-ring (bicyclic) bond motifs is 1. The fraction of sp³-hybridized carbons (Fsp3) is 0.500. The summed E-state index contributed by atoms with van der Waals surface area (Å²) >= 11 is 3.39. The number of aromatic nitrogens is 4. The first-order valence-corrected chi connectivity index (χ1v) is 11.4. The lowest BCUT2D eigenvalue weighted by Gasteiger charge is -2.36. The van der Waals surface area contributed by atoms with E-state index in [9.17, 15) is 13.2 Å². The monoisotopic (exact) mass is 483 g/mol. The summed E-state index contributed by atoms with van der Waals surface area (Å²) in [5, 5.41) is 3.86. The maximum Gasteiger partial charge on any atom is 0.328 e. The molecule has 1 aromatic carbocycles. The van der Waals surface area contributed by atoms with Crippen LogP contribution in [0, 0.1) is 6.92 Å². The van der Waals surface area contributed by atoms with Crippen molar-refractivity contribution < 1.29 is 12.9 Å². The Hall–Kier alpha value is -1.98. The molecule has 0 saturated carbocycles. The highest BCUT2D eigenvalue weighted by Crippen LogP contribution is 2.37. The van der Waals surface area contributed by atoms with Crippen LogP contribution in [0.15, 0.2) is 30.8 Å². The van der Waals surface area contributed by atoms with Crippen LogP contribution in [0.3, 0.4) is 0 Å². The second-order valence-electron chi connectivity index (χ2n) is 7.78. The van der Waals surface area contributed by atoms with E-state index < -0.39 is 10.0 Å². The van der Waals surface area contributed by atoms with Crippen LogP contribution in [0.2, 0.25) is 0 Å². The Labute approximate surface area is 176 Å². The molecule has 1 aliphatic rings. The van der Waals surface area contributed by atoms with Gasteiger partial charge in [0.1, 0.15) is 0 Å². The van der Waals surface area contributed by atoms with Gasteiger partial charge in [-0.1, -0.05) is 12.1 Å². The normalized spacial score (nSPS) is 17.8. The summed E-state index contributed by atoms with van der Waals surface area (Å²) in [4.78, 5) is 16.7. The molecule has 0 radical (unpaired) electrons. The summed E-state index contributed by atoms with van der Waals surface area (Å²) in [6, 6.07) is 3.24. The zero-order valence-electron chi connectivity index (χ0n) is 16.6. The molecule has 0 amide bonds. The molecule has 156 valence electrons. The van der Waals surface area contributed by atoms with Crippen molar-refractivity contribution in [3.8, 4) is 0 Å². The molecule has 0 spiro atoms. The first-order chi connectivity index (χ1) is 13.5. The molecule has 0 N–H and O–H groups in total. The highest BCUT2D eigenvalue weighted by atomic mass is 79.9. The van der Waals surface area contributed by atoms with E-state index in [0.717, 1.165) is 0 Å². The van der Waals surface area contributed by atoms with Gasteiger partial charge >= 0.3 is 5.69 Å². The number of rotatable bonds is 3. The first kappa shape index (κ1) is 20.3. The number of imidazole rings is 1. The van der Waals surface area contributed by atoms with Crippen LogP contribution >= 0.6 is 15.9 Å². The second kappa shape index (κ2) is 6.78. The van der Waals surface area contributed by atoms with Crippen molar-refractivity contribution in [1.29, 1.82) is 0 Å². The van der Waals surface area contributed by atoms with Gasteiger partial charge in [0.05, 0.1) is 15.9 Å². The summed E-state index contributed by atoms with van der Waals surface area (Å²) in [5.41, 5.74) is 0.687. The molecular formula is C18H22BrN5O4S. The van der Waals surface area contributed by atoms with Crippen LogP contribution < -0.4 is 5.69 Å². The maximum absolute atomic E-state index is 13.4. The average Bonchev–Trinajstić information content (AvgIpc) is 3.20. The Balaban J connectivity index is 1.67. The minimum absolute atomic E-state index is 0.156. The third-order valence-electron chi connectivity index (χ3n) is 5.81. The third kappa shape index (κ3) is 3.15. The number of hydrogen-bond acceptors (Lipinski definition) is 6. The van der Waals surface area contributed by atoms with E-state index in [1.54, 1.807) is 33.2 Å². The maximum atomic E-state index is 13.4. The SMILES string of the molecule is Cc1noc(C2(C)CCN(S(=O)(=O)c3cc4c(cc3Br)n(C)c(=O)n4C)CC2)n1. The van der Waals surface area contributed by atoms with Gasteiger partial charge in [-0.05, 0) is 47.8 Å². The smallest absolute Gasteiger partial charge is 0.328 e. The van der Waals surface area contributed by atoms with E-state index in [1.807, 2.05) is 6.92 Å². The quantitative estimate of drug-likeness (QED) is 0.564. The Morgan fingerprint density at radius 1 is 1.14 bits per heavy atom. The molecule has 11 heteroatoms. The molecule has 2 aromatic heterocycles. The van der Waals surface area contributed by atoms with E-state index >= 15 is 0 Å². The molecule has 1 saturated heterocycles. The lowest BCUT2D eigenvalue weighted by atomic mass is 9.81. The molecule has 3 heterocycles. The zero-order valence-corrected chi connectivity index (χ0v) is 19.0. The molecule has 0 unspecified atom stereocenters. The molecule has 9 nitrogen and oxygen atoms in total. The van der Waals surface area contributed by atoms with E-state index in [2.05, 4.69) is 26.1 Å². The zero-order chi connectivity index (χ0) is 21.1. The van der Waals surface area contributed by atoms with Gasteiger partial charge in [0.15, 0.2) is 5.82 Å². The molecule has 1 aliphatic heterocycles. The van der Waals surface area contributed by atoms with Crippen LogP contribution in [0.5, 0.6) is 0 Å². The molecule has 29 heavy (non-hydrogen) atoms. The van der Waals surface area contributed by atoms with Gasteiger partial charge in [-0.2, -0.15) is 9.29 Å². The van der Waals surface area contributed by atoms with Gasteiger partial charge in [0.2, 0.25) is 15.9 Å². The van der Waals surface area contributed by atoms with Crippen LogP contribution in [0.4, 0.5) is 0 Å². The summed E-state index contributed by atoms with van der Waals surface area (Å²) in [6.07, 6.45) is 1.16. The van der Waals surface area contributed by atoms with Crippen molar-refractivity contribution in [2.24, 2.45) is 14.1 Å². The molecule has 0 atom stereocenters. The largest absolute Gasteiger partial charge is 0.339 e. The molecule has 0 aliphatic carbocycles. The Morgan fingerprint density at radius 3 is 2.28 bits per heavy atom. The van der Waals surface area contributed by atoms with Crippen molar-refractivity contribution in [2.75, 3.05) is 13.1 Å². The standard InChI is InChI=1S/C18H22BrN5O4S/c1-11-20-16(28-21-11)18(2)5-7-24(8-6-18)29(26,27)15-10-14-13(9-12(15)19)22(3)17(25)23(14)4/h9-10H,5-8H2,1-4H3. The highest BCUT2D eigenvalue weighted by molar-refractivity contribution is 9.10. The summed E-state index contributed by atoms with van der Waals surface area (Å²) < 4.78 is 36.9. The van der Waals surface area contributed by atoms with Gasteiger partial charge in [-0.15, -0.1) is 0 Å². The number of sulfonamides is 1. The first-order valence-electron chi connectivity index (χ1n) is 9.20. The van der Waals surface area contributed by atoms with E-state index in [-0.39, 0.29) is 16.0 Å². The van der Waals surface area contributed by atoms with Gasteiger partial charge in [-0.25, -0.2) is 13.2 Å². The van der Waals surface area contributed by atoms with E-state index in [4.69, 9.17) is 4.52 Å². The lowest BCUT2D eigenvalue weighted by Crippen LogP contribution is -2.44. The predicted molar refractivity (Wildman–Crippen MR) is 110 cm³/mol. The molecule has 1 fully saturated rings. The van der Waals surface area contributed by atoms with Crippen LogP contribution in [-0.4, -0.2) is 45.1 Å². The number of piperidine rings is 1. The van der Waals surface area contributed by atoms with Gasteiger partial charge in [0.25, 0.3) is 0 Å². The van der Waals surface area contributed by atoms with Gasteiger partial charge in [-0.3, -0.25) is 9.13 Å². The van der Waals surface area contributed by atoms with Crippen molar-refractivity contribution in [3.05, 3.63) is 38.8 Å². The van der Waals surface area contributed by atoms with Crippen molar-refractivity contribution in [3.63, 3.8) is 0 Å². The number of hydrogen-bond donors (Lipinski definition) is 0. The van der Waals surface area contributed by atoms with Gasteiger partial charge in [0, 0.05) is 37.1 Å². The third-order valence-corrected chi connectivity index (χ3v) is 8.67. The Morgan fingerprint density at radius 2 is 1.72 bits per heavy atom. The van der Waals surface area contributed by atoms with Crippen LogP contribution in [-0.2, 0) is 29.5 Å². The Bertz CT molecular complexity index is 1270. The number of nitrogens with zero attached hydrogens (tertiary/aromatic N) is 5. The minimum atomic E-state index is -3.74. The van der Waals surface area contributed by atoms with Crippen LogP contribution in [0.1, 0.15) is 31.5 Å². The fourth-order valence-corrected chi connectivity index (χ4v) is 6.27. The minimum Gasteiger partial charge on any atom is -0.339 e. The van der Waals surface area contributed by atoms with Crippen molar-refractivity contribution >= 4 is 37.0 Å². The summed E-state index contributed by atoms with van der Waals surface area (Å²) in [6.45, 7) is 4.48. The summed E-state index contributed by atoms with van der Waals surface area (Å²) in [5.74, 6) is 1.12. The number of aryl methyl sites for hydroxylation is 3. The lowest BCUT2D eigenvalue weighted by molar-refractivity contribution is 0.197. The number of benzene rings is 1. The average molecular weight is 484 g/mol. The van der Waals surface area contributed by atoms with Crippen LogP contribution in [0.25, 0.3) is 11.0 Å². The molecular weight excluding hydrogens is 462 g/mol. The van der Waals surface area contributed by atoms with Gasteiger partial charge < -0.3 is 4.52 Å². The fourth-order valence-electron chi connectivity index (χ4n) is 3.81. The molecule has 3 aromatic rings. The van der Waals surface area contributed by atoms with Crippen molar-refractivity contribution in [1.82, 2.24) is 23.6 Å². The predicted octanol–water partition coefficient (Wildman–Crippen LogP) is 2.07. The Kier molecular flexibility index (Phi) is 4.74. The van der Waals surface area contributed by atoms with E-state index in [1.165, 1.54) is 13.4 Å². The summed E-state index contributed by atoms with van der Waals surface area (Å²) in [7, 11) is -0.441.